The van der Waals surface area contributed by atoms with Gasteiger partial charge in [0.2, 0.25) is 0 Å². The summed E-state index contributed by atoms with van der Waals surface area (Å²) in [5.74, 6) is 0. The van der Waals surface area contributed by atoms with Gasteiger partial charge in [-0.15, -0.1) is 0 Å². The van der Waals surface area contributed by atoms with E-state index in [1.54, 1.807) is 0 Å². The molecule has 0 rings (SSSR count). The van der Waals surface area contributed by atoms with Crippen molar-refractivity contribution in [3.05, 3.63) is 0 Å². The van der Waals surface area contributed by atoms with Gasteiger partial charge in [0.1, 0.15) is 0 Å². The first-order chi connectivity index (χ1) is 1.91. The minimum atomic E-state index is -0.125. The van der Waals surface area contributed by atoms with Crippen LogP contribution in [0.1, 0.15) is 0 Å². The number of hydrogen-bond donors (Lipinski definition) is 2. The molecule has 2 radical (unpaired) electrons. The van der Waals surface area contributed by atoms with E-state index >= 15 is 0 Å². The van der Waals surface area contributed by atoms with E-state index < -0.39 is 0 Å². The summed E-state index contributed by atoms with van der Waals surface area (Å²) in [7, 11) is 0. The predicted molar refractivity (Wildman–Crippen MR) is 19.9 cm³/mol. The molecule has 5 heavy (non-hydrogen) atoms. The zero-order valence-corrected chi connectivity index (χ0v) is 5.66. The van der Waals surface area contributed by atoms with Crippen molar-refractivity contribution in [3.8, 4) is 0 Å². The standard InChI is InChI=1S/C2H6O2.Sn/c3-1-2-4;/h3-4H,1-2H2;/q;+2. The Bertz CT molecular complexity index is 9.61. The second-order valence-electron chi connectivity index (χ2n) is 0.447. The molecule has 0 atom stereocenters. The smallest absolute Gasteiger partial charge is 0.394 e. The van der Waals surface area contributed by atoms with E-state index in [4.69, 9.17) is 10.2 Å². The molecule has 0 heterocycles. The van der Waals surface area contributed by atoms with Gasteiger partial charge in [0.15, 0.2) is 0 Å². The molecule has 0 spiro atoms. The van der Waals surface area contributed by atoms with Crippen LogP contribution in [0.15, 0.2) is 0 Å². The van der Waals surface area contributed by atoms with E-state index in [-0.39, 0.29) is 37.1 Å². The summed E-state index contributed by atoms with van der Waals surface area (Å²) in [5, 5.41) is 15.2. The van der Waals surface area contributed by atoms with Crippen molar-refractivity contribution >= 4 is 23.9 Å². The molecule has 0 saturated heterocycles. The van der Waals surface area contributed by atoms with E-state index in [1.807, 2.05) is 0 Å². The van der Waals surface area contributed by atoms with Gasteiger partial charge < -0.3 is 10.2 Å². The molecule has 0 aliphatic carbocycles. The Morgan fingerprint density at radius 1 is 1.00 bits per heavy atom. The van der Waals surface area contributed by atoms with Gasteiger partial charge in [0.05, 0.1) is 13.2 Å². The van der Waals surface area contributed by atoms with Gasteiger partial charge in [-0.3, -0.25) is 0 Å². The second-order valence-corrected chi connectivity index (χ2v) is 0.447. The molecule has 0 aromatic heterocycles. The van der Waals surface area contributed by atoms with E-state index in [9.17, 15) is 0 Å². The fourth-order valence-electron chi connectivity index (χ4n) is 0. The zero-order valence-electron chi connectivity index (χ0n) is 2.81. The van der Waals surface area contributed by atoms with E-state index in [2.05, 4.69) is 0 Å². The van der Waals surface area contributed by atoms with E-state index in [1.165, 1.54) is 0 Å². The summed E-state index contributed by atoms with van der Waals surface area (Å²) in [6.07, 6.45) is 0. The van der Waals surface area contributed by atoms with Gasteiger partial charge in [0.25, 0.3) is 0 Å². The quantitative estimate of drug-likeness (QED) is 0.487. The Hall–Kier alpha value is 0.719. The number of aliphatic hydroxyl groups is 2. The molecule has 0 aromatic rings. The predicted octanol–water partition coefficient (Wildman–Crippen LogP) is -1.41. The van der Waals surface area contributed by atoms with Gasteiger partial charge in [-0.2, -0.15) is 0 Å². The first-order valence-electron chi connectivity index (χ1n) is 1.13. The van der Waals surface area contributed by atoms with Crippen LogP contribution in [0, 0.1) is 0 Å². The van der Waals surface area contributed by atoms with Crippen molar-refractivity contribution in [1.82, 2.24) is 0 Å². The molecule has 0 fully saturated rings. The molecule has 3 heteroatoms. The number of hydrogen-bond acceptors (Lipinski definition) is 2. The van der Waals surface area contributed by atoms with Gasteiger partial charge in [-0.05, 0) is 0 Å². The maximum atomic E-state index is 7.62. The Balaban J connectivity index is 0. The molecule has 28 valence electrons. The van der Waals surface area contributed by atoms with Crippen LogP contribution in [0.4, 0.5) is 0 Å². The van der Waals surface area contributed by atoms with Crippen LogP contribution in [0.25, 0.3) is 0 Å². The fourth-order valence-corrected chi connectivity index (χ4v) is 0. The SMILES string of the molecule is OCCO.[Sn+2]. The summed E-state index contributed by atoms with van der Waals surface area (Å²) in [5.41, 5.74) is 0. The van der Waals surface area contributed by atoms with Crippen molar-refractivity contribution < 1.29 is 10.2 Å². The Labute approximate surface area is 47.8 Å². The minimum Gasteiger partial charge on any atom is -0.394 e. The molecular weight excluding hydrogens is 175 g/mol. The Kier molecular flexibility index (Phi) is 16.3. The maximum absolute atomic E-state index is 7.62. The molecule has 0 unspecified atom stereocenters. The molecule has 0 aliphatic rings. The molecule has 2 N–H and O–H groups in total. The largest absolute Gasteiger partial charge is 2.00 e. The third kappa shape index (κ3) is 11.8. The first-order valence-corrected chi connectivity index (χ1v) is 1.13. The van der Waals surface area contributed by atoms with Crippen LogP contribution in [-0.2, 0) is 0 Å². The van der Waals surface area contributed by atoms with Crippen LogP contribution in [0.3, 0.4) is 0 Å². The minimum absolute atomic E-state index is 0. The summed E-state index contributed by atoms with van der Waals surface area (Å²) >= 11 is 0. The molecule has 0 saturated carbocycles. The maximum Gasteiger partial charge on any atom is 2.00 e. The zero-order chi connectivity index (χ0) is 3.41. The Morgan fingerprint density at radius 2 is 1.20 bits per heavy atom. The topological polar surface area (TPSA) is 40.5 Å². The van der Waals surface area contributed by atoms with Crippen molar-refractivity contribution in [2.24, 2.45) is 0 Å². The van der Waals surface area contributed by atoms with Crippen molar-refractivity contribution in [1.29, 1.82) is 0 Å². The fraction of sp³-hybridized carbons (Fsp3) is 1.00. The summed E-state index contributed by atoms with van der Waals surface area (Å²) in [4.78, 5) is 0. The third-order valence-electron chi connectivity index (χ3n) is 0.1000. The van der Waals surface area contributed by atoms with Gasteiger partial charge in [-0.25, -0.2) is 0 Å². The van der Waals surface area contributed by atoms with Gasteiger partial charge in [-0.1, -0.05) is 0 Å². The average molecular weight is 181 g/mol. The van der Waals surface area contributed by atoms with Crippen LogP contribution >= 0.6 is 0 Å². The molecule has 0 bridgehead atoms. The van der Waals surface area contributed by atoms with Gasteiger partial charge in [0, 0.05) is 0 Å². The van der Waals surface area contributed by atoms with Gasteiger partial charge >= 0.3 is 23.9 Å². The summed E-state index contributed by atoms with van der Waals surface area (Å²) in [6.45, 7) is -0.250. The molecule has 0 aliphatic heterocycles. The molecule has 2 nitrogen and oxygen atoms in total. The van der Waals surface area contributed by atoms with Crippen LogP contribution < -0.4 is 0 Å². The Morgan fingerprint density at radius 3 is 1.20 bits per heavy atom. The monoisotopic (exact) mass is 182 g/mol. The third-order valence-corrected chi connectivity index (χ3v) is 0.1000. The van der Waals surface area contributed by atoms with E-state index in [0.717, 1.165) is 0 Å². The number of aliphatic hydroxyl groups excluding tert-OH is 2. The first kappa shape index (κ1) is 9.21. The summed E-state index contributed by atoms with van der Waals surface area (Å²) in [6, 6.07) is 0. The van der Waals surface area contributed by atoms with Crippen LogP contribution in [-0.4, -0.2) is 47.3 Å². The van der Waals surface area contributed by atoms with Crippen molar-refractivity contribution in [3.63, 3.8) is 0 Å². The van der Waals surface area contributed by atoms with Crippen LogP contribution in [0.5, 0.6) is 0 Å². The van der Waals surface area contributed by atoms with E-state index in [0.29, 0.717) is 0 Å². The molecule has 0 aromatic carbocycles. The average Bonchev–Trinajstić information content (AvgIpc) is 1.37. The number of rotatable bonds is 1. The van der Waals surface area contributed by atoms with Crippen molar-refractivity contribution in [2.45, 2.75) is 0 Å². The normalized spacial score (nSPS) is 6.00. The molecular formula is C2H6O2Sn+2. The van der Waals surface area contributed by atoms with Crippen molar-refractivity contribution in [2.75, 3.05) is 13.2 Å². The molecule has 0 amide bonds. The summed E-state index contributed by atoms with van der Waals surface area (Å²) < 4.78 is 0. The van der Waals surface area contributed by atoms with Crippen LogP contribution in [0.2, 0.25) is 0 Å². The second kappa shape index (κ2) is 8.83.